The number of aromatic nitrogens is 1. The molecule has 0 spiro atoms. The highest BCUT2D eigenvalue weighted by Crippen LogP contribution is 2.36. The fourth-order valence-corrected chi connectivity index (χ4v) is 2.67. The highest BCUT2D eigenvalue weighted by molar-refractivity contribution is 5.96. The Morgan fingerprint density at radius 1 is 1.32 bits per heavy atom. The lowest BCUT2D eigenvalue weighted by Crippen LogP contribution is -2.27. The first-order valence-corrected chi connectivity index (χ1v) is 5.92. The molecule has 0 saturated carbocycles. The summed E-state index contributed by atoms with van der Waals surface area (Å²) in [5.41, 5.74) is 10.5. The molecule has 0 bridgehead atoms. The molecule has 6 heteroatoms. The second-order valence-corrected chi connectivity index (χ2v) is 4.55. The van der Waals surface area contributed by atoms with Crippen molar-refractivity contribution in [3.05, 3.63) is 23.4 Å². The molecule has 1 aliphatic heterocycles. The van der Waals surface area contributed by atoms with E-state index in [4.69, 9.17) is 10.5 Å². The van der Waals surface area contributed by atoms with Crippen LogP contribution in [0.3, 0.4) is 0 Å². The number of rotatable bonds is 1. The number of hydrogen-bond acceptors (Lipinski definition) is 3. The van der Waals surface area contributed by atoms with Gasteiger partial charge in [0, 0.05) is 17.1 Å². The number of methoxy groups -OCH3 is 1. The summed E-state index contributed by atoms with van der Waals surface area (Å²) in [6.07, 6.45) is 1.05. The van der Waals surface area contributed by atoms with Crippen molar-refractivity contribution in [2.45, 2.75) is 19.4 Å². The number of nitrogen functional groups attached to an aromatic ring is 1. The Kier molecular flexibility index (Phi) is 4.96. The van der Waals surface area contributed by atoms with Crippen LogP contribution in [0.25, 0.3) is 10.9 Å². The van der Waals surface area contributed by atoms with Gasteiger partial charge in [-0.05, 0) is 37.6 Å². The number of anilines is 1. The third-order valence-electron chi connectivity index (χ3n) is 3.59. The molecule has 106 valence electrons. The highest BCUT2D eigenvalue weighted by Gasteiger charge is 2.22. The number of hydrogen-bond donors (Lipinski definition) is 3. The summed E-state index contributed by atoms with van der Waals surface area (Å²) in [7, 11) is 1.64. The van der Waals surface area contributed by atoms with Crippen LogP contribution >= 0.6 is 24.8 Å². The predicted molar refractivity (Wildman–Crippen MR) is 83.9 cm³/mol. The largest absolute Gasteiger partial charge is 0.495 e. The van der Waals surface area contributed by atoms with Crippen molar-refractivity contribution in [3.63, 3.8) is 0 Å². The molecule has 0 saturated heterocycles. The quantitative estimate of drug-likeness (QED) is 0.710. The number of H-pyrrole nitrogens is 1. The standard InChI is InChI=1S/C13H17N3O.2ClH/c1-7-12-9(5-6-15-7)8-3-4-10(17-2)11(14)13(8)16-12;;/h3-4,7,15-16H,5-6,14H2,1-2H3;2*1H. The van der Waals surface area contributed by atoms with Crippen molar-refractivity contribution in [2.75, 3.05) is 19.4 Å². The molecule has 1 aromatic carbocycles. The summed E-state index contributed by atoms with van der Waals surface area (Å²) >= 11 is 0. The van der Waals surface area contributed by atoms with E-state index >= 15 is 0 Å². The van der Waals surface area contributed by atoms with Crippen LogP contribution in [-0.4, -0.2) is 18.6 Å². The smallest absolute Gasteiger partial charge is 0.143 e. The normalized spacial score (nSPS) is 17.3. The van der Waals surface area contributed by atoms with Crippen LogP contribution < -0.4 is 15.8 Å². The molecule has 1 aromatic heterocycles. The Morgan fingerprint density at radius 3 is 2.74 bits per heavy atom. The molecule has 0 aliphatic carbocycles. The third-order valence-corrected chi connectivity index (χ3v) is 3.59. The molecule has 2 aromatic rings. The molecule has 4 nitrogen and oxygen atoms in total. The van der Waals surface area contributed by atoms with Gasteiger partial charge in [0.05, 0.1) is 18.3 Å². The summed E-state index contributed by atoms with van der Waals surface area (Å²) < 4.78 is 5.25. The van der Waals surface area contributed by atoms with Crippen LogP contribution in [0.5, 0.6) is 5.75 Å². The molecule has 4 N–H and O–H groups in total. The second-order valence-electron chi connectivity index (χ2n) is 4.55. The average molecular weight is 304 g/mol. The molecular formula is C13H19Cl2N3O. The topological polar surface area (TPSA) is 63.1 Å². The summed E-state index contributed by atoms with van der Waals surface area (Å²) in [6.45, 7) is 3.19. The Morgan fingerprint density at radius 2 is 2.05 bits per heavy atom. The fourth-order valence-electron chi connectivity index (χ4n) is 2.67. The summed E-state index contributed by atoms with van der Waals surface area (Å²) in [6, 6.07) is 4.40. The van der Waals surface area contributed by atoms with Gasteiger partial charge in [0.15, 0.2) is 0 Å². The number of nitrogens with one attached hydrogen (secondary N) is 2. The minimum absolute atomic E-state index is 0. The van der Waals surface area contributed by atoms with Gasteiger partial charge in [-0.25, -0.2) is 0 Å². The molecule has 1 unspecified atom stereocenters. The maximum atomic E-state index is 6.11. The molecule has 0 radical (unpaired) electrons. The zero-order valence-electron chi connectivity index (χ0n) is 10.9. The van der Waals surface area contributed by atoms with E-state index in [1.807, 2.05) is 6.07 Å². The maximum absolute atomic E-state index is 6.11. The first-order valence-electron chi connectivity index (χ1n) is 5.92. The lowest BCUT2D eigenvalue weighted by atomic mass is 10.00. The van der Waals surface area contributed by atoms with Crippen molar-refractivity contribution in [2.24, 2.45) is 0 Å². The zero-order valence-corrected chi connectivity index (χ0v) is 12.6. The first kappa shape index (κ1) is 16.0. The van der Waals surface area contributed by atoms with Gasteiger partial charge >= 0.3 is 0 Å². The van der Waals surface area contributed by atoms with Crippen molar-refractivity contribution >= 4 is 41.4 Å². The number of aromatic amines is 1. The predicted octanol–water partition coefficient (Wildman–Crippen LogP) is 2.81. The van der Waals surface area contributed by atoms with E-state index in [2.05, 4.69) is 23.3 Å². The van der Waals surface area contributed by atoms with Crippen molar-refractivity contribution in [1.82, 2.24) is 10.3 Å². The third kappa shape index (κ3) is 2.36. The van der Waals surface area contributed by atoms with Gasteiger partial charge in [0.1, 0.15) is 5.75 Å². The van der Waals surface area contributed by atoms with E-state index in [0.29, 0.717) is 11.7 Å². The van der Waals surface area contributed by atoms with Crippen LogP contribution in [0, 0.1) is 0 Å². The summed E-state index contributed by atoms with van der Waals surface area (Å²) in [4.78, 5) is 3.44. The van der Waals surface area contributed by atoms with E-state index in [1.165, 1.54) is 16.6 Å². The van der Waals surface area contributed by atoms with Crippen LogP contribution in [-0.2, 0) is 6.42 Å². The molecule has 0 fully saturated rings. The number of nitrogens with two attached hydrogens (primary N) is 1. The van der Waals surface area contributed by atoms with Crippen LogP contribution in [0.15, 0.2) is 12.1 Å². The Balaban J connectivity index is 0.000000902. The van der Waals surface area contributed by atoms with E-state index in [-0.39, 0.29) is 24.8 Å². The zero-order chi connectivity index (χ0) is 12.0. The lowest BCUT2D eigenvalue weighted by Gasteiger charge is -2.20. The van der Waals surface area contributed by atoms with Gasteiger partial charge in [-0.15, -0.1) is 24.8 Å². The van der Waals surface area contributed by atoms with Gasteiger partial charge in [0.25, 0.3) is 0 Å². The van der Waals surface area contributed by atoms with E-state index in [1.54, 1.807) is 7.11 Å². The van der Waals surface area contributed by atoms with Crippen LogP contribution in [0.2, 0.25) is 0 Å². The Hall–Kier alpha value is -1.10. The molecule has 19 heavy (non-hydrogen) atoms. The van der Waals surface area contributed by atoms with Gasteiger partial charge in [-0.2, -0.15) is 0 Å². The summed E-state index contributed by atoms with van der Waals surface area (Å²) in [5, 5.41) is 4.67. The first-order chi connectivity index (χ1) is 8.22. The molecule has 3 rings (SSSR count). The van der Waals surface area contributed by atoms with Gasteiger partial charge in [-0.3, -0.25) is 0 Å². The fraction of sp³-hybridized carbons (Fsp3) is 0.385. The van der Waals surface area contributed by atoms with E-state index in [9.17, 15) is 0 Å². The van der Waals surface area contributed by atoms with E-state index in [0.717, 1.165) is 24.2 Å². The van der Waals surface area contributed by atoms with Crippen LogP contribution in [0.4, 0.5) is 5.69 Å². The molecule has 0 amide bonds. The maximum Gasteiger partial charge on any atom is 0.143 e. The minimum atomic E-state index is 0. The van der Waals surface area contributed by atoms with Gasteiger partial charge in [0.2, 0.25) is 0 Å². The summed E-state index contributed by atoms with van der Waals surface area (Å²) in [5.74, 6) is 0.733. The molecule has 2 heterocycles. The number of fused-ring (bicyclic) bond motifs is 3. The number of halogens is 2. The van der Waals surface area contributed by atoms with Crippen LogP contribution in [0.1, 0.15) is 24.2 Å². The minimum Gasteiger partial charge on any atom is -0.495 e. The van der Waals surface area contributed by atoms with Gasteiger partial charge < -0.3 is 20.8 Å². The van der Waals surface area contributed by atoms with Gasteiger partial charge in [-0.1, -0.05) is 0 Å². The highest BCUT2D eigenvalue weighted by atomic mass is 35.5. The second kappa shape index (κ2) is 5.90. The van der Waals surface area contributed by atoms with Crippen molar-refractivity contribution < 1.29 is 4.74 Å². The van der Waals surface area contributed by atoms with E-state index < -0.39 is 0 Å². The average Bonchev–Trinajstić information content (AvgIpc) is 2.71. The Bertz CT molecular complexity index is 583. The number of benzene rings is 1. The number of ether oxygens (including phenoxy) is 1. The van der Waals surface area contributed by atoms with Crippen molar-refractivity contribution in [3.8, 4) is 5.75 Å². The Labute approximate surface area is 124 Å². The van der Waals surface area contributed by atoms with Crippen molar-refractivity contribution in [1.29, 1.82) is 0 Å². The SMILES string of the molecule is COc1ccc2c3c([nH]c2c1N)C(C)NCC3.Cl.Cl. The lowest BCUT2D eigenvalue weighted by molar-refractivity contribution is 0.417. The molecule has 1 atom stereocenters. The monoisotopic (exact) mass is 303 g/mol. The molecular weight excluding hydrogens is 285 g/mol. The molecule has 1 aliphatic rings.